The van der Waals surface area contributed by atoms with Crippen molar-refractivity contribution in [2.75, 3.05) is 19.4 Å². The topological polar surface area (TPSA) is 66.3 Å². The number of aliphatic hydroxyl groups is 1. The summed E-state index contributed by atoms with van der Waals surface area (Å²) in [5.74, 6) is 0.631. The molecule has 0 radical (unpaired) electrons. The van der Waals surface area contributed by atoms with E-state index in [0.717, 1.165) is 24.3 Å². The number of aromatic nitrogens is 2. The van der Waals surface area contributed by atoms with E-state index < -0.39 is 0 Å². The molecule has 1 unspecified atom stereocenters. The number of piperidine rings is 1. The Labute approximate surface area is 123 Å². The summed E-state index contributed by atoms with van der Waals surface area (Å²) >= 11 is 1.46. The molecule has 6 heteroatoms. The van der Waals surface area contributed by atoms with Gasteiger partial charge >= 0.3 is 0 Å². The predicted molar refractivity (Wildman–Crippen MR) is 79.0 cm³/mol. The first-order valence-electron chi connectivity index (χ1n) is 6.89. The molecule has 0 spiro atoms. The van der Waals surface area contributed by atoms with Crippen molar-refractivity contribution in [3.8, 4) is 0 Å². The Morgan fingerprint density at radius 2 is 2.15 bits per heavy atom. The molecule has 1 aliphatic heterocycles. The second-order valence-corrected chi connectivity index (χ2v) is 5.87. The third-order valence-corrected chi connectivity index (χ3v) is 4.36. The minimum absolute atomic E-state index is 0.0199. The molecule has 1 aromatic rings. The zero-order valence-electron chi connectivity index (χ0n) is 12.2. The van der Waals surface area contributed by atoms with Crippen LogP contribution < -0.4 is 0 Å². The number of carbonyl (C=O) groups is 1. The number of carbonyl (C=O) groups excluding carboxylic acids is 1. The molecule has 0 saturated carbocycles. The molecule has 1 N–H and O–H groups in total. The number of nitrogens with zero attached hydrogens (tertiary/aromatic N) is 3. The monoisotopic (exact) mass is 295 g/mol. The van der Waals surface area contributed by atoms with Crippen molar-refractivity contribution in [2.45, 2.75) is 44.2 Å². The quantitative estimate of drug-likeness (QED) is 0.680. The van der Waals surface area contributed by atoms with Gasteiger partial charge in [-0.25, -0.2) is 9.97 Å². The molecule has 1 fully saturated rings. The van der Waals surface area contributed by atoms with Gasteiger partial charge in [-0.15, -0.1) is 11.8 Å². The van der Waals surface area contributed by atoms with E-state index in [9.17, 15) is 9.90 Å². The lowest BCUT2D eigenvalue weighted by Crippen LogP contribution is -2.46. The number of rotatable bonds is 3. The van der Waals surface area contributed by atoms with Crippen LogP contribution in [-0.2, 0) is 0 Å². The van der Waals surface area contributed by atoms with Gasteiger partial charge in [-0.2, -0.15) is 0 Å². The fourth-order valence-electron chi connectivity index (χ4n) is 2.68. The van der Waals surface area contributed by atoms with Crippen LogP contribution >= 0.6 is 11.8 Å². The lowest BCUT2D eigenvalue weighted by atomic mass is 10.0. The van der Waals surface area contributed by atoms with E-state index in [-0.39, 0.29) is 18.6 Å². The first kappa shape index (κ1) is 15.3. The summed E-state index contributed by atoms with van der Waals surface area (Å²) < 4.78 is 0. The van der Waals surface area contributed by atoms with Gasteiger partial charge in [-0.1, -0.05) is 0 Å². The van der Waals surface area contributed by atoms with Crippen molar-refractivity contribution in [1.29, 1.82) is 0 Å². The van der Waals surface area contributed by atoms with Gasteiger partial charge in [0.2, 0.25) is 0 Å². The Bertz CT molecular complexity index is 507. The molecule has 20 heavy (non-hydrogen) atoms. The number of thioether (sulfide) groups is 1. The Kier molecular flexibility index (Phi) is 4.99. The maximum absolute atomic E-state index is 12.8. The molecule has 2 heterocycles. The van der Waals surface area contributed by atoms with Crippen molar-refractivity contribution in [3.63, 3.8) is 0 Å². The first-order chi connectivity index (χ1) is 9.58. The number of hydrogen-bond acceptors (Lipinski definition) is 5. The zero-order chi connectivity index (χ0) is 14.7. The van der Waals surface area contributed by atoms with Crippen LogP contribution in [0.4, 0.5) is 0 Å². The smallest absolute Gasteiger partial charge is 0.258 e. The standard InChI is InChI=1S/C14H21N3O2S/c1-9-12(13(20-3)16-10(2)15-9)14(19)17-7-5-4-6-11(17)8-18/h11,18H,4-8H2,1-3H3. The fraction of sp³-hybridized carbons (Fsp3) is 0.643. The predicted octanol–water partition coefficient (Wildman–Crippen LogP) is 1.80. The summed E-state index contributed by atoms with van der Waals surface area (Å²) in [6, 6.07) is -0.0772. The molecule has 1 amide bonds. The number of hydrogen-bond donors (Lipinski definition) is 1. The van der Waals surface area contributed by atoms with E-state index in [1.165, 1.54) is 11.8 Å². The Morgan fingerprint density at radius 3 is 2.80 bits per heavy atom. The average Bonchev–Trinajstić information content (AvgIpc) is 2.45. The second kappa shape index (κ2) is 6.54. The minimum atomic E-state index is -0.0772. The van der Waals surface area contributed by atoms with Crippen LogP contribution in [0.25, 0.3) is 0 Å². The van der Waals surface area contributed by atoms with Crippen LogP contribution in [0.15, 0.2) is 5.03 Å². The molecule has 110 valence electrons. The molecule has 1 saturated heterocycles. The molecular weight excluding hydrogens is 274 g/mol. The summed E-state index contributed by atoms with van der Waals surface area (Å²) in [4.78, 5) is 23.3. The third-order valence-electron chi connectivity index (χ3n) is 3.67. The number of amides is 1. The van der Waals surface area contributed by atoms with E-state index in [2.05, 4.69) is 9.97 Å². The highest BCUT2D eigenvalue weighted by atomic mass is 32.2. The van der Waals surface area contributed by atoms with Gasteiger partial charge in [0.05, 0.1) is 23.9 Å². The highest BCUT2D eigenvalue weighted by Crippen LogP contribution is 2.25. The van der Waals surface area contributed by atoms with Crippen molar-refractivity contribution in [3.05, 3.63) is 17.1 Å². The van der Waals surface area contributed by atoms with Crippen molar-refractivity contribution < 1.29 is 9.90 Å². The molecule has 0 bridgehead atoms. The Balaban J connectivity index is 2.37. The van der Waals surface area contributed by atoms with Crippen LogP contribution in [0.2, 0.25) is 0 Å². The molecule has 0 aliphatic carbocycles. The second-order valence-electron chi connectivity index (χ2n) is 5.07. The van der Waals surface area contributed by atoms with Gasteiger partial charge in [0, 0.05) is 6.54 Å². The molecule has 1 aliphatic rings. The normalized spacial score (nSPS) is 19.2. The van der Waals surface area contributed by atoms with Crippen LogP contribution in [0.3, 0.4) is 0 Å². The average molecular weight is 295 g/mol. The SMILES string of the molecule is CSc1nc(C)nc(C)c1C(=O)N1CCCCC1CO. The van der Waals surface area contributed by atoms with E-state index in [1.54, 1.807) is 4.90 Å². The van der Waals surface area contributed by atoms with Crippen molar-refractivity contribution in [2.24, 2.45) is 0 Å². The summed E-state index contributed by atoms with van der Waals surface area (Å²) in [6.07, 6.45) is 4.83. The molecule has 1 aromatic heterocycles. The third kappa shape index (κ3) is 2.96. The van der Waals surface area contributed by atoms with Gasteiger partial charge < -0.3 is 10.0 Å². The summed E-state index contributed by atoms with van der Waals surface area (Å²) in [7, 11) is 0. The van der Waals surface area contributed by atoms with E-state index in [0.29, 0.717) is 23.6 Å². The highest BCUT2D eigenvalue weighted by molar-refractivity contribution is 7.98. The maximum atomic E-state index is 12.8. The minimum Gasteiger partial charge on any atom is -0.394 e. The van der Waals surface area contributed by atoms with Crippen molar-refractivity contribution >= 4 is 17.7 Å². The highest BCUT2D eigenvalue weighted by Gasteiger charge is 2.30. The Hall–Kier alpha value is -1.14. The van der Waals surface area contributed by atoms with Crippen LogP contribution in [-0.4, -0.2) is 51.3 Å². The summed E-state index contributed by atoms with van der Waals surface area (Å²) in [6.45, 7) is 4.40. The zero-order valence-corrected chi connectivity index (χ0v) is 13.0. The van der Waals surface area contributed by atoms with Gasteiger partial charge in [-0.3, -0.25) is 4.79 Å². The molecule has 0 aromatic carbocycles. The lowest BCUT2D eigenvalue weighted by Gasteiger charge is -2.35. The van der Waals surface area contributed by atoms with Crippen LogP contribution in [0, 0.1) is 13.8 Å². The fourth-order valence-corrected chi connectivity index (χ4v) is 3.34. The lowest BCUT2D eigenvalue weighted by molar-refractivity contribution is 0.0497. The van der Waals surface area contributed by atoms with E-state index in [1.807, 2.05) is 20.1 Å². The van der Waals surface area contributed by atoms with Gasteiger partial charge in [0.25, 0.3) is 5.91 Å². The van der Waals surface area contributed by atoms with E-state index >= 15 is 0 Å². The summed E-state index contributed by atoms with van der Waals surface area (Å²) in [5, 5.41) is 10.2. The number of likely N-dealkylation sites (tertiary alicyclic amines) is 1. The van der Waals surface area contributed by atoms with Gasteiger partial charge in [0.15, 0.2) is 0 Å². The van der Waals surface area contributed by atoms with Gasteiger partial charge in [-0.05, 0) is 39.4 Å². The first-order valence-corrected chi connectivity index (χ1v) is 8.12. The maximum Gasteiger partial charge on any atom is 0.258 e. The van der Waals surface area contributed by atoms with Crippen LogP contribution in [0.1, 0.15) is 41.1 Å². The summed E-state index contributed by atoms with van der Waals surface area (Å²) in [5.41, 5.74) is 1.30. The number of aryl methyl sites for hydroxylation is 2. The van der Waals surface area contributed by atoms with Gasteiger partial charge in [0.1, 0.15) is 10.9 Å². The Morgan fingerprint density at radius 1 is 1.40 bits per heavy atom. The van der Waals surface area contributed by atoms with E-state index in [4.69, 9.17) is 0 Å². The number of aliphatic hydroxyl groups excluding tert-OH is 1. The molecule has 2 rings (SSSR count). The van der Waals surface area contributed by atoms with Crippen LogP contribution in [0.5, 0.6) is 0 Å². The molecule has 5 nitrogen and oxygen atoms in total. The van der Waals surface area contributed by atoms with Crippen molar-refractivity contribution in [1.82, 2.24) is 14.9 Å². The largest absolute Gasteiger partial charge is 0.394 e. The molecular formula is C14H21N3O2S. The molecule has 1 atom stereocenters.